The van der Waals surface area contributed by atoms with Crippen LogP contribution < -0.4 is 10.6 Å². The first kappa shape index (κ1) is 35.6. The highest BCUT2D eigenvalue weighted by Crippen LogP contribution is 2.31. The average molecular weight is 595 g/mol. The third kappa shape index (κ3) is 12.3. The average Bonchev–Trinajstić information content (AvgIpc) is 2.99. The van der Waals surface area contributed by atoms with E-state index in [0.29, 0.717) is 6.54 Å². The quantitative estimate of drug-likeness (QED) is 0.255. The Morgan fingerprint density at radius 2 is 1.77 bits per heavy atom. The van der Waals surface area contributed by atoms with Gasteiger partial charge in [0.05, 0.1) is 12.7 Å². The van der Waals surface area contributed by atoms with Gasteiger partial charge in [-0.05, 0) is 59.7 Å². The lowest BCUT2D eigenvalue weighted by atomic mass is 9.85. The number of aliphatic hydroxyl groups is 1. The van der Waals surface area contributed by atoms with Crippen molar-refractivity contribution in [1.82, 2.24) is 10.6 Å². The molecule has 232 valence electrons. The number of alkyl halides is 2. The van der Waals surface area contributed by atoms with Crippen LogP contribution in [0.1, 0.15) is 41.5 Å². The molecule has 8 heteroatoms. The lowest BCUT2D eigenvalue weighted by Gasteiger charge is -2.30. The first-order chi connectivity index (χ1) is 20.7. The number of terminal acetylenes is 1. The van der Waals surface area contributed by atoms with E-state index >= 15 is 0 Å². The van der Waals surface area contributed by atoms with Gasteiger partial charge in [-0.25, -0.2) is 8.78 Å². The minimum absolute atomic E-state index is 0.00216. The summed E-state index contributed by atoms with van der Waals surface area (Å²) in [4.78, 5) is 11.1. The maximum atomic E-state index is 12.9. The molecule has 3 N–H and O–H groups in total. The lowest BCUT2D eigenvalue weighted by molar-refractivity contribution is -0.119. The summed E-state index contributed by atoms with van der Waals surface area (Å²) in [5, 5.41) is 16.6. The summed E-state index contributed by atoms with van der Waals surface area (Å²) in [5.41, 5.74) is 6.94. The summed E-state index contributed by atoms with van der Waals surface area (Å²) >= 11 is 0. The predicted molar refractivity (Wildman–Crippen MR) is 168 cm³/mol. The van der Waals surface area contributed by atoms with Crippen LogP contribution in [0.25, 0.3) is 11.1 Å². The Kier molecular flexibility index (Phi) is 15.6. The molecule has 1 heterocycles. The molecule has 1 aliphatic heterocycles. The van der Waals surface area contributed by atoms with Crippen molar-refractivity contribution in [3.63, 3.8) is 0 Å². The zero-order valence-corrected chi connectivity index (χ0v) is 25.3. The fraction of sp³-hybridized carbons (Fsp3) is 0.400. The molecule has 0 saturated carbocycles. The molecule has 3 aromatic carbocycles. The molecule has 4 rings (SSSR count). The number of benzene rings is 3. The summed E-state index contributed by atoms with van der Waals surface area (Å²) < 4.78 is 35.0. The highest BCUT2D eigenvalue weighted by atomic mass is 19.3. The van der Waals surface area contributed by atoms with Gasteiger partial charge in [-0.1, -0.05) is 72.8 Å². The second-order valence-electron chi connectivity index (χ2n) is 10.4. The van der Waals surface area contributed by atoms with Gasteiger partial charge in [0.2, 0.25) is 5.91 Å². The van der Waals surface area contributed by atoms with Crippen LogP contribution in [0.4, 0.5) is 8.78 Å². The summed E-state index contributed by atoms with van der Waals surface area (Å²) in [6.45, 7) is 4.99. The van der Waals surface area contributed by atoms with E-state index in [1.165, 1.54) is 34.9 Å². The van der Waals surface area contributed by atoms with Crippen molar-refractivity contribution in [3.05, 3.63) is 95.1 Å². The Balaban J connectivity index is 0.000000324. The number of nitrogens with one attached hydrogen (secondary N) is 2. The molecule has 0 radical (unpaired) electrons. The Morgan fingerprint density at radius 1 is 1.07 bits per heavy atom. The zero-order valence-electron chi connectivity index (χ0n) is 25.3. The number of ether oxygens (including phenoxy) is 2. The first-order valence-electron chi connectivity index (χ1n) is 14.3. The van der Waals surface area contributed by atoms with E-state index in [9.17, 15) is 18.7 Å². The third-order valence-corrected chi connectivity index (χ3v) is 6.99. The van der Waals surface area contributed by atoms with Crippen LogP contribution in [0.15, 0.2) is 72.8 Å². The maximum Gasteiger partial charge on any atom is 0.293 e. The lowest BCUT2D eigenvalue weighted by Crippen LogP contribution is -2.38. The number of aryl methyl sites for hydroxylation is 1. The van der Waals surface area contributed by atoms with Gasteiger partial charge in [-0.3, -0.25) is 4.79 Å². The number of carbonyl (C=O) groups excluding carboxylic acids is 1. The van der Waals surface area contributed by atoms with Crippen LogP contribution in [0.3, 0.4) is 0 Å². The van der Waals surface area contributed by atoms with Gasteiger partial charge in [-0.2, -0.15) is 0 Å². The molecule has 1 amide bonds. The molecule has 0 spiro atoms. The van der Waals surface area contributed by atoms with Crippen molar-refractivity contribution >= 4 is 5.91 Å². The Morgan fingerprint density at radius 3 is 2.42 bits per heavy atom. The molecular weight excluding hydrogens is 550 g/mol. The molecular formula is C35H44F2N2O4. The van der Waals surface area contributed by atoms with Crippen LogP contribution in [-0.4, -0.2) is 63.0 Å². The van der Waals surface area contributed by atoms with Gasteiger partial charge in [-0.15, -0.1) is 12.8 Å². The number of hydrogen-bond donors (Lipinski definition) is 3. The summed E-state index contributed by atoms with van der Waals surface area (Å²) in [6, 6.07) is 24.1. The van der Waals surface area contributed by atoms with E-state index < -0.39 is 19.1 Å². The predicted octanol–water partition coefficient (Wildman–Crippen LogP) is 5.51. The van der Waals surface area contributed by atoms with Gasteiger partial charge in [0.1, 0.15) is 13.2 Å². The topological polar surface area (TPSA) is 79.8 Å². The Bertz CT molecular complexity index is 1270. The largest absolute Gasteiger partial charge is 0.392 e. The van der Waals surface area contributed by atoms with Crippen LogP contribution in [0.2, 0.25) is 0 Å². The van der Waals surface area contributed by atoms with Gasteiger partial charge in [0.25, 0.3) is 5.92 Å². The molecule has 1 saturated heterocycles. The minimum Gasteiger partial charge on any atom is -0.392 e. The van der Waals surface area contributed by atoms with Gasteiger partial charge in [0, 0.05) is 33.0 Å². The number of aliphatic hydroxyl groups excluding tert-OH is 1. The first-order valence-corrected chi connectivity index (χ1v) is 14.3. The van der Waals surface area contributed by atoms with Crippen molar-refractivity contribution < 1.29 is 28.2 Å². The molecule has 0 aromatic heterocycles. The third-order valence-electron chi connectivity index (χ3n) is 6.99. The van der Waals surface area contributed by atoms with Gasteiger partial charge < -0.3 is 25.2 Å². The van der Waals surface area contributed by atoms with Crippen LogP contribution in [0.5, 0.6) is 0 Å². The number of amides is 1. The second kappa shape index (κ2) is 18.8. The SMILES string of the molecule is C#C.CC(=O)NCCc1ccccc1-c1ccc([C@H]2CNCC[C@H]2O)c(C)c1.COCC(F)(F)COCc1ccccc1. The molecule has 1 fully saturated rings. The molecule has 0 aliphatic carbocycles. The van der Waals surface area contributed by atoms with Gasteiger partial charge >= 0.3 is 0 Å². The number of halogens is 2. The summed E-state index contributed by atoms with van der Waals surface area (Å²) in [5.74, 6) is -2.75. The maximum absolute atomic E-state index is 12.9. The number of methoxy groups -OCH3 is 1. The Hall–Kier alpha value is -3.61. The van der Waals surface area contributed by atoms with E-state index in [4.69, 9.17) is 4.74 Å². The molecule has 2 atom stereocenters. The number of hydrogen-bond acceptors (Lipinski definition) is 5. The van der Waals surface area contributed by atoms with Crippen molar-refractivity contribution in [2.24, 2.45) is 0 Å². The zero-order chi connectivity index (χ0) is 31.7. The molecule has 43 heavy (non-hydrogen) atoms. The van der Waals surface area contributed by atoms with Crippen molar-refractivity contribution in [2.75, 3.05) is 40.0 Å². The minimum atomic E-state index is -2.91. The molecule has 0 unspecified atom stereocenters. The normalized spacial score (nSPS) is 16.2. The smallest absolute Gasteiger partial charge is 0.293 e. The van der Waals surface area contributed by atoms with Crippen LogP contribution in [0, 0.1) is 19.8 Å². The highest BCUT2D eigenvalue weighted by molar-refractivity contribution is 5.73. The fourth-order valence-corrected chi connectivity index (χ4v) is 4.96. The number of piperidine rings is 1. The van der Waals surface area contributed by atoms with E-state index in [1.54, 1.807) is 6.92 Å². The highest BCUT2D eigenvalue weighted by Gasteiger charge is 2.29. The summed E-state index contributed by atoms with van der Waals surface area (Å²) in [6.07, 6.45) is 9.34. The fourth-order valence-electron chi connectivity index (χ4n) is 4.96. The van der Waals surface area contributed by atoms with E-state index in [-0.39, 0.29) is 24.5 Å². The molecule has 3 aromatic rings. The van der Waals surface area contributed by atoms with E-state index in [2.05, 4.69) is 71.5 Å². The van der Waals surface area contributed by atoms with E-state index in [0.717, 1.165) is 31.5 Å². The van der Waals surface area contributed by atoms with Crippen molar-refractivity contribution in [3.8, 4) is 24.0 Å². The van der Waals surface area contributed by atoms with E-state index in [1.807, 2.05) is 36.4 Å². The number of carbonyl (C=O) groups is 1. The molecule has 0 bridgehead atoms. The molecule has 6 nitrogen and oxygen atoms in total. The standard InChI is InChI=1S/C22H28N2O2.C11H14F2O2.C2H2/c1-15-13-18(7-8-19(15)21-14-23-11-10-22(21)26)20-6-4-3-5-17(20)9-12-24-16(2)25;1-14-8-11(12,13)9-15-7-10-5-3-2-4-6-10;1-2/h3-8,13,21-23,26H,9-12,14H2,1-2H3,(H,24,25);2-6H,7-9H2,1H3;1-2H/t21-,22-;;/m1../s1. The van der Waals surface area contributed by atoms with Gasteiger partial charge in [0.15, 0.2) is 0 Å². The van der Waals surface area contributed by atoms with Crippen molar-refractivity contribution in [2.45, 2.75) is 51.2 Å². The Labute approximate surface area is 254 Å². The molecule has 1 aliphatic rings. The van der Waals surface area contributed by atoms with Crippen LogP contribution in [-0.2, 0) is 27.3 Å². The summed E-state index contributed by atoms with van der Waals surface area (Å²) in [7, 11) is 1.24. The van der Waals surface area contributed by atoms with Crippen LogP contribution >= 0.6 is 0 Å². The number of rotatable bonds is 11. The van der Waals surface area contributed by atoms with Crippen molar-refractivity contribution in [1.29, 1.82) is 0 Å². The monoisotopic (exact) mass is 594 g/mol. The second-order valence-corrected chi connectivity index (χ2v) is 10.4.